The van der Waals surface area contributed by atoms with Crippen molar-refractivity contribution in [3.8, 4) is 6.07 Å². The number of carbonyl (C=O) groups is 1. The van der Waals surface area contributed by atoms with Gasteiger partial charge in [0.1, 0.15) is 5.78 Å². The van der Waals surface area contributed by atoms with Gasteiger partial charge in [-0.2, -0.15) is 5.26 Å². The van der Waals surface area contributed by atoms with Crippen molar-refractivity contribution in [3.63, 3.8) is 0 Å². The van der Waals surface area contributed by atoms with Crippen LogP contribution in [-0.2, 0) is 11.3 Å². The van der Waals surface area contributed by atoms with Gasteiger partial charge in [-0.1, -0.05) is 19.1 Å². The highest BCUT2D eigenvalue weighted by molar-refractivity contribution is 5.80. The molecule has 0 aliphatic carbocycles. The Balaban J connectivity index is 2.53. The standard InChI is InChI=1S/C14H18N2O/c1-3-5-14(17)11-16(2)10-13-7-4-6-12(8-13)9-15/h4,6-8H,3,5,10-11H2,1-2H3. The molecule has 0 heterocycles. The molecule has 0 spiro atoms. The normalized spacial score (nSPS) is 10.2. The van der Waals surface area contributed by atoms with Crippen LogP contribution < -0.4 is 0 Å². The molecule has 0 aliphatic rings. The highest BCUT2D eigenvalue weighted by Gasteiger charge is 2.06. The number of carbonyl (C=O) groups excluding carboxylic acids is 1. The van der Waals surface area contributed by atoms with Crippen molar-refractivity contribution in [3.05, 3.63) is 35.4 Å². The molecule has 0 saturated carbocycles. The minimum absolute atomic E-state index is 0.270. The molecule has 1 aromatic carbocycles. The monoisotopic (exact) mass is 230 g/mol. The fourth-order valence-electron chi connectivity index (χ4n) is 1.77. The molecular formula is C14H18N2O. The average Bonchev–Trinajstić information content (AvgIpc) is 2.29. The largest absolute Gasteiger partial charge is 0.298 e. The van der Waals surface area contributed by atoms with Gasteiger partial charge in [0, 0.05) is 13.0 Å². The number of rotatable bonds is 6. The van der Waals surface area contributed by atoms with Crippen molar-refractivity contribution >= 4 is 5.78 Å². The van der Waals surface area contributed by atoms with E-state index in [1.165, 1.54) is 0 Å². The molecule has 17 heavy (non-hydrogen) atoms. The molecule has 1 rings (SSSR count). The summed E-state index contributed by atoms with van der Waals surface area (Å²) in [6, 6.07) is 9.61. The number of hydrogen-bond acceptors (Lipinski definition) is 3. The summed E-state index contributed by atoms with van der Waals surface area (Å²) in [6.45, 7) is 3.18. The Labute approximate surface area is 103 Å². The Morgan fingerprint density at radius 2 is 2.24 bits per heavy atom. The van der Waals surface area contributed by atoms with Crippen LogP contribution >= 0.6 is 0 Å². The van der Waals surface area contributed by atoms with Crippen LogP contribution in [0, 0.1) is 11.3 Å². The van der Waals surface area contributed by atoms with Crippen LogP contribution in [0.5, 0.6) is 0 Å². The van der Waals surface area contributed by atoms with Gasteiger partial charge in [0.05, 0.1) is 18.2 Å². The van der Waals surface area contributed by atoms with E-state index >= 15 is 0 Å². The topological polar surface area (TPSA) is 44.1 Å². The van der Waals surface area contributed by atoms with Crippen molar-refractivity contribution in [2.45, 2.75) is 26.3 Å². The van der Waals surface area contributed by atoms with E-state index in [0.29, 0.717) is 25.1 Å². The summed E-state index contributed by atoms with van der Waals surface area (Å²) in [5.41, 5.74) is 1.73. The Morgan fingerprint density at radius 1 is 1.47 bits per heavy atom. The van der Waals surface area contributed by atoms with Gasteiger partial charge in [-0.3, -0.25) is 9.69 Å². The van der Waals surface area contributed by atoms with Crippen LogP contribution in [0.1, 0.15) is 30.9 Å². The average molecular weight is 230 g/mol. The van der Waals surface area contributed by atoms with Gasteiger partial charge in [0.2, 0.25) is 0 Å². The third-order valence-electron chi connectivity index (χ3n) is 2.48. The lowest BCUT2D eigenvalue weighted by Crippen LogP contribution is -2.25. The summed E-state index contributed by atoms with van der Waals surface area (Å²) in [6.07, 6.45) is 1.54. The fourth-order valence-corrected chi connectivity index (χ4v) is 1.77. The maximum absolute atomic E-state index is 11.5. The summed E-state index contributed by atoms with van der Waals surface area (Å²) >= 11 is 0. The second-order valence-corrected chi connectivity index (χ2v) is 4.27. The van der Waals surface area contributed by atoms with Gasteiger partial charge in [0.25, 0.3) is 0 Å². The third-order valence-corrected chi connectivity index (χ3v) is 2.48. The highest BCUT2D eigenvalue weighted by Crippen LogP contribution is 2.07. The van der Waals surface area contributed by atoms with Crippen LogP contribution in [0.15, 0.2) is 24.3 Å². The maximum Gasteiger partial charge on any atom is 0.146 e. The summed E-state index contributed by atoms with van der Waals surface area (Å²) in [5, 5.41) is 8.79. The van der Waals surface area contributed by atoms with E-state index in [4.69, 9.17) is 5.26 Å². The fraction of sp³-hybridized carbons (Fsp3) is 0.429. The van der Waals surface area contributed by atoms with Crippen LogP contribution in [0.2, 0.25) is 0 Å². The first kappa shape index (κ1) is 13.4. The van der Waals surface area contributed by atoms with Gasteiger partial charge in [0.15, 0.2) is 0 Å². The first-order valence-corrected chi connectivity index (χ1v) is 5.85. The minimum Gasteiger partial charge on any atom is -0.298 e. The van der Waals surface area contributed by atoms with Gasteiger partial charge < -0.3 is 0 Å². The molecule has 0 aromatic heterocycles. The number of nitrogens with zero attached hydrogens (tertiary/aromatic N) is 2. The Hall–Kier alpha value is -1.66. The zero-order valence-corrected chi connectivity index (χ0v) is 10.4. The number of benzene rings is 1. The minimum atomic E-state index is 0.270. The van der Waals surface area contributed by atoms with Crippen LogP contribution in [0.3, 0.4) is 0 Å². The molecule has 90 valence electrons. The van der Waals surface area contributed by atoms with E-state index in [1.807, 2.05) is 37.1 Å². The van der Waals surface area contributed by atoms with Crippen molar-refractivity contribution in [1.82, 2.24) is 4.90 Å². The lowest BCUT2D eigenvalue weighted by atomic mass is 10.1. The number of nitriles is 1. The first-order valence-electron chi connectivity index (χ1n) is 5.85. The molecule has 3 nitrogen and oxygen atoms in total. The molecule has 0 unspecified atom stereocenters. The maximum atomic E-state index is 11.5. The predicted octanol–water partition coefficient (Wildman–Crippen LogP) is 2.36. The smallest absolute Gasteiger partial charge is 0.146 e. The Kier molecular flexibility index (Phi) is 5.38. The lowest BCUT2D eigenvalue weighted by Gasteiger charge is -2.15. The zero-order valence-electron chi connectivity index (χ0n) is 10.4. The summed E-state index contributed by atoms with van der Waals surface area (Å²) < 4.78 is 0. The number of hydrogen-bond donors (Lipinski definition) is 0. The number of Topliss-reactive ketones (excluding diaryl/α,β-unsaturated/α-hetero) is 1. The van der Waals surface area contributed by atoms with E-state index in [0.717, 1.165) is 12.0 Å². The van der Waals surface area contributed by atoms with Crippen LogP contribution in [-0.4, -0.2) is 24.3 Å². The molecule has 0 bridgehead atoms. The molecule has 3 heteroatoms. The molecule has 0 atom stereocenters. The van der Waals surface area contributed by atoms with Crippen LogP contribution in [0.25, 0.3) is 0 Å². The van der Waals surface area contributed by atoms with Crippen molar-refractivity contribution in [2.75, 3.05) is 13.6 Å². The van der Waals surface area contributed by atoms with Gasteiger partial charge in [-0.15, -0.1) is 0 Å². The zero-order chi connectivity index (χ0) is 12.7. The van der Waals surface area contributed by atoms with E-state index in [-0.39, 0.29) is 5.78 Å². The molecule has 0 saturated heterocycles. The molecule has 0 amide bonds. The van der Waals surface area contributed by atoms with Crippen LogP contribution in [0.4, 0.5) is 0 Å². The van der Waals surface area contributed by atoms with Crippen molar-refractivity contribution < 1.29 is 4.79 Å². The number of likely N-dealkylation sites (N-methyl/N-ethyl adjacent to an activating group) is 1. The van der Waals surface area contributed by atoms with Gasteiger partial charge in [-0.05, 0) is 31.2 Å². The Morgan fingerprint density at radius 3 is 2.88 bits per heavy atom. The molecule has 0 fully saturated rings. The highest BCUT2D eigenvalue weighted by atomic mass is 16.1. The SMILES string of the molecule is CCCC(=O)CN(C)Cc1cccc(C#N)c1. The second kappa shape index (κ2) is 6.82. The second-order valence-electron chi connectivity index (χ2n) is 4.27. The number of ketones is 1. The molecule has 1 aromatic rings. The summed E-state index contributed by atoms with van der Waals surface area (Å²) in [7, 11) is 1.92. The first-order chi connectivity index (χ1) is 8.15. The third kappa shape index (κ3) is 4.80. The molecular weight excluding hydrogens is 212 g/mol. The van der Waals surface area contributed by atoms with E-state index in [9.17, 15) is 4.79 Å². The van der Waals surface area contributed by atoms with E-state index in [2.05, 4.69) is 6.07 Å². The lowest BCUT2D eigenvalue weighted by molar-refractivity contribution is -0.120. The summed E-state index contributed by atoms with van der Waals surface area (Å²) in [4.78, 5) is 13.5. The van der Waals surface area contributed by atoms with Gasteiger partial charge >= 0.3 is 0 Å². The van der Waals surface area contributed by atoms with E-state index in [1.54, 1.807) is 6.07 Å². The quantitative estimate of drug-likeness (QED) is 0.753. The predicted molar refractivity (Wildman–Crippen MR) is 67.4 cm³/mol. The molecule has 0 aliphatic heterocycles. The van der Waals surface area contributed by atoms with Gasteiger partial charge in [-0.25, -0.2) is 0 Å². The van der Waals surface area contributed by atoms with Crippen molar-refractivity contribution in [1.29, 1.82) is 5.26 Å². The van der Waals surface area contributed by atoms with E-state index < -0.39 is 0 Å². The molecule has 0 radical (unpaired) electrons. The van der Waals surface area contributed by atoms with Crippen molar-refractivity contribution in [2.24, 2.45) is 0 Å². The molecule has 0 N–H and O–H groups in total. The Bertz CT molecular complexity index is 420. The summed E-state index contributed by atoms with van der Waals surface area (Å²) in [5.74, 6) is 0.270.